The van der Waals surface area contributed by atoms with E-state index in [1.54, 1.807) is 0 Å². The molecule has 3 rings (SSSR count). The van der Waals surface area contributed by atoms with E-state index in [0.29, 0.717) is 29.1 Å². The summed E-state index contributed by atoms with van der Waals surface area (Å²) in [7, 11) is 0. The van der Waals surface area contributed by atoms with E-state index < -0.39 is 5.60 Å². The molecule has 2 nitrogen and oxygen atoms in total. The molecular formula is C15H24O2. The molecule has 3 fully saturated rings. The van der Waals surface area contributed by atoms with Gasteiger partial charge < -0.3 is 10.2 Å². The molecule has 3 aliphatic carbocycles. The summed E-state index contributed by atoms with van der Waals surface area (Å²) in [6, 6.07) is 0. The molecule has 0 radical (unpaired) electrons. The predicted octanol–water partition coefficient (Wildman–Crippen LogP) is 2.36. The highest BCUT2D eigenvalue weighted by Crippen LogP contribution is 2.71. The van der Waals surface area contributed by atoms with Crippen molar-refractivity contribution in [1.82, 2.24) is 0 Å². The summed E-state index contributed by atoms with van der Waals surface area (Å²) in [4.78, 5) is 0. The van der Waals surface area contributed by atoms with Crippen LogP contribution in [-0.4, -0.2) is 21.9 Å². The van der Waals surface area contributed by atoms with Gasteiger partial charge in [-0.25, -0.2) is 0 Å². The zero-order chi connectivity index (χ0) is 12.6. The first kappa shape index (κ1) is 11.7. The van der Waals surface area contributed by atoms with E-state index in [4.69, 9.17) is 0 Å². The topological polar surface area (TPSA) is 40.5 Å². The second-order valence-corrected chi connectivity index (χ2v) is 7.31. The van der Waals surface area contributed by atoms with Crippen LogP contribution in [0.4, 0.5) is 0 Å². The van der Waals surface area contributed by atoms with Crippen LogP contribution in [0.1, 0.15) is 40.0 Å². The molecule has 2 heteroatoms. The van der Waals surface area contributed by atoms with Gasteiger partial charge in [0.05, 0.1) is 11.7 Å². The van der Waals surface area contributed by atoms with Gasteiger partial charge in [0.15, 0.2) is 0 Å². The van der Waals surface area contributed by atoms with Crippen molar-refractivity contribution in [3.05, 3.63) is 12.2 Å². The highest BCUT2D eigenvalue weighted by Gasteiger charge is 2.68. The monoisotopic (exact) mass is 236 g/mol. The van der Waals surface area contributed by atoms with Crippen LogP contribution in [0, 0.1) is 29.1 Å². The number of rotatable bonds is 0. The molecule has 0 aromatic heterocycles. The summed E-state index contributed by atoms with van der Waals surface area (Å²) in [6.45, 7) is 10.7. The molecule has 2 N–H and O–H groups in total. The highest BCUT2D eigenvalue weighted by molar-refractivity contribution is 5.25. The van der Waals surface area contributed by atoms with Gasteiger partial charge in [0.25, 0.3) is 0 Å². The minimum atomic E-state index is -0.561. The van der Waals surface area contributed by atoms with Gasteiger partial charge in [-0.05, 0) is 60.8 Å². The van der Waals surface area contributed by atoms with Crippen LogP contribution in [0.3, 0.4) is 0 Å². The van der Waals surface area contributed by atoms with Crippen molar-refractivity contribution in [3.8, 4) is 0 Å². The van der Waals surface area contributed by atoms with Crippen molar-refractivity contribution in [2.75, 3.05) is 0 Å². The van der Waals surface area contributed by atoms with E-state index in [1.165, 1.54) is 0 Å². The van der Waals surface area contributed by atoms with E-state index in [-0.39, 0.29) is 6.10 Å². The molecule has 3 saturated carbocycles. The quantitative estimate of drug-likeness (QED) is 0.634. The fourth-order valence-corrected chi connectivity index (χ4v) is 4.87. The van der Waals surface area contributed by atoms with Gasteiger partial charge in [0, 0.05) is 0 Å². The Bertz CT molecular complexity index is 369. The summed E-state index contributed by atoms with van der Waals surface area (Å²) in [5.74, 6) is 1.77. The minimum absolute atomic E-state index is 0.291. The van der Waals surface area contributed by atoms with Crippen LogP contribution in [0.15, 0.2) is 12.2 Å². The third-order valence-electron chi connectivity index (χ3n) is 6.02. The fraction of sp³-hybridized carbons (Fsp3) is 0.867. The van der Waals surface area contributed by atoms with Crippen molar-refractivity contribution in [1.29, 1.82) is 0 Å². The number of fused-ring (bicyclic) bond motifs is 3. The van der Waals surface area contributed by atoms with Crippen molar-refractivity contribution in [2.24, 2.45) is 29.1 Å². The summed E-state index contributed by atoms with van der Waals surface area (Å²) < 4.78 is 0. The highest BCUT2D eigenvalue weighted by atomic mass is 16.3. The lowest BCUT2D eigenvalue weighted by atomic mass is 9.77. The molecule has 0 heterocycles. The Labute approximate surface area is 104 Å². The molecule has 0 unspecified atom stereocenters. The Morgan fingerprint density at radius 3 is 2.53 bits per heavy atom. The van der Waals surface area contributed by atoms with Crippen molar-refractivity contribution < 1.29 is 10.2 Å². The van der Waals surface area contributed by atoms with Gasteiger partial charge in [-0.2, -0.15) is 0 Å². The largest absolute Gasteiger partial charge is 0.390 e. The zero-order valence-electron chi connectivity index (χ0n) is 11.1. The molecule has 17 heavy (non-hydrogen) atoms. The Kier molecular flexibility index (Phi) is 2.18. The average Bonchev–Trinajstić information content (AvgIpc) is 2.61. The number of aliphatic hydroxyl groups excluding tert-OH is 1. The molecule has 0 amide bonds. The first-order valence-electron chi connectivity index (χ1n) is 6.86. The zero-order valence-corrected chi connectivity index (χ0v) is 11.1. The molecule has 0 bridgehead atoms. The maximum absolute atomic E-state index is 10.6. The van der Waals surface area contributed by atoms with E-state index in [0.717, 1.165) is 24.8 Å². The lowest BCUT2D eigenvalue weighted by molar-refractivity contribution is -0.00190. The molecule has 0 saturated heterocycles. The van der Waals surface area contributed by atoms with E-state index in [9.17, 15) is 10.2 Å². The lowest BCUT2D eigenvalue weighted by Crippen LogP contribution is -2.35. The maximum atomic E-state index is 10.6. The van der Waals surface area contributed by atoms with Crippen molar-refractivity contribution in [3.63, 3.8) is 0 Å². The van der Waals surface area contributed by atoms with E-state index in [2.05, 4.69) is 20.4 Å². The van der Waals surface area contributed by atoms with Gasteiger partial charge in [0.1, 0.15) is 0 Å². The van der Waals surface area contributed by atoms with E-state index >= 15 is 0 Å². The van der Waals surface area contributed by atoms with Crippen LogP contribution in [0.5, 0.6) is 0 Å². The Morgan fingerprint density at radius 1 is 1.24 bits per heavy atom. The van der Waals surface area contributed by atoms with Gasteiger partial charge >= 0.3 is 0 Å². The number of hydrogen-bond donors (Lipinski definition) is 2. The third kappa shape index (κ3) is 1.40. The fourth-order valence-electron chi connectivity index (χ4n) is 4.87. The van der Waals surface area contributed by atoms with Gasteiger partial charge in [-0.3, -0.25) is 0 Å². The number of aliphatic hydroxyl groups is 2. The average molecular weight is 236 g/mol. The van der Waals surface area contributed by atoms with Gasteiger partial charge in [-0.1, -0.05) is 20.4 Å². The first-order valence-corrected chi connectivity index (χ1v) is 6.86. The second-order valence-electron chi connectivity index (χ2n) is 7.31. The predicted molar refractivity (Wildman–Crippen MR) is 67.4 cm³/mol. The maximum Gasteiger partial charge on any atom is 0.0753 e. The molecular weight excluding hydrogens is 212 g/mol. The molecule has 0 aromatic rings. The van der Waals surface area contributed by atoms with Gasteiger partial charge in [0.2, 0.25) is 0 Å². The summed E-state index contributed by atoms with van der Waals surface area (Å²) >= 11 is 0. The molecule has 0 aliphatic heterocycles. The summed E-state index contributed by atoms with van der Waals surface area (Å²) in [5.41, 5.74) is 0.712. The third-order valence-corrected chi connectivity index (χ3v) is 6.02. The Hall–Kier alpha value is -0.340. The summed E-state index contributed by atoms with van der Waals surface area (Å²) in [6.07, 6.45) is 2.34. The Balaban J connectivity index is 2.01. The lowest BCUT2D eigenvalue weighted by Gasteiger charge is -2.32. The Morgan fingerprint density at radius 2 is 1.88 bits per heavy atom. The normalized spacial score (nSPS) is 56.1. The SMILES string of the molecule is C=C1[C@@H](O)C[C@@H]2[C@H]([C@@H]3[C@H]1CC[C@]3(C)O)C2(C)C. The summed E-state index contributed by atoms with van der Waals surface area (Å²) in [5, 5.41) is 20.8. The van der Waals surface area contributed by atoms with Crippen molar-refractivity contribution in [2.45, 2.75) is 51.7 Å². The standard InChI is InChI=1S/C15H24O2/c1-8-9-5-6-15(4,17)12(9)13-10(7-11(8)16)14(13,2)3/h9-13,16-17H,1,5-7H2,2-4H3/t9-,10+,11-,12-,13+,15-/m0/s1. The molecule has 0 spiro atoms. The van der Waals surface area contributed by atoms with E-state index in [1.807, 2.05) is 6.92 Å². The first-order chi connectivity index (χ1) is 7.77. The van der Waals surface area contributed by atoms with Crippen LogP contribution in [0.25, 0.3) is 0 Å². The van der Waals surface area contributed by atoms with Gasteiger partial charge in [-0.15, -0.1) is 0 Å². The van der Waals surface area contributed by atoms with Crippen LogP contribution in [-0.2, 0) is 0 Å². The second kappa shape index (κ2) is 3.16. The molecule has 6 atom stereocenters. The smallest absolute Gasteiger partial charge is 0.0753 e. The van der Waals surface area contributed by atoms with Crippen LogP contribution < -0.4 is 0 Å². The van der Waals surface area contributed by atoms with Crippen molar-refractivity contribution >= 4 is 0 Å². The molecule has 3 aliphatic rings. The van der Waals surface area contributed by atoms with Crippen LogP contribution >= 0.6 is 0 Å². The molecule has 96 valence electrons. The minimum Gasteiger partial charge on any atom is -0.390 e. The molecule has 0 aromatic carbocycles. The number of hydrogen-bond acceptors (Lipinski definition) is 2. The van der Waals surface area contributed by atoms with Crippen LogP contribution in [0.2, 0.25) is 0 Å².